The molecule has 0 amide bonds. The van der Waals surface area contributed by atoms with Gasteiger partial charge in [0.05, 0.1) is 5.56 Å². The van der Waals surface area contributed by atoms with Crippen LogP contribution in [0.3, 0.4) is 0 Å². The first-order valence-corrected chi connectivity index (χ1v) is 3.62. The number of aryl methyl sites for hydroxylation is 1. The van der Waals surface area contributed by atoms with Gasteiger partial charge in [-0.1, -0.05) is 0 Å². The molecule has 4 nitrogen and oxygen atoms in total. The zero-order chi connectivity index (χ0) is 8.27. The molecule has 1 aromatic heterocycles. The highest BCUT2D eigenvalue weighted by Crippen LogP contribution is 2.03. The highest BCUT2D eigenvalue weighted by atomic mass is 16.5. The van der Waals surface area contributed by atoms with E-state index in [-0.39, 0.29) is 5.56 Å². The van der Waals surface area contributed by atoms with E-state index >= 15 is 0 Å². The molecule has 0 saturated heterocycles. The van der Waals surface area contributed by atoms with Crippen LogP contribution in [0.25, 0.3) is 0 Å². The quantitative estimate of drug-likeness (QED) is 0.655. The Morgan fingerprint density at radius 1 is 1.64 bits per heavy atom. The van der Waals surface area contributed by atoms with Crippen molar-refractivity contribution < 1.29 is 4.52 Å². The fourth-order valence-corrected chi connectivity index (χ4v) is 0.889. The highest BCUT2D eigenvalue weighted by molar-refractivity contribution is 5.10. The van der Waals surface area contributed by atoms with Gasteiger partial charge in [-0.2, -0.15) is 5.16 Å². The van der Waals surface area contributed by atoms with E-state index in [1.807, 2.05) is 0 Å². The van der Waals surface area contributed by atoms with E-state index in [0.717, 1.165) is 18.6 Å². The zero-order valence-corrected chi connectivity index (χ0v) is 6.52. The Hall–Kier alpha value is -1.03. The summed E-state index contributed by atoms with van der Waals surface area (Å²) >= 11 is 0. The zero-order valence-electron chi connectivity index (χ0n) is 6.52. The predicted molar refractivity (Wildman–Crippen MR) is 41.4 cm³/mol. The van der Waals surface area contributed by atoms with Crippen molar-refractivity contribution in [3.63, 3.8) is 0 Å². The van der Waals surface area contributed by atoms with Gasteiger partial charge in [-0.3, -0.25) is 4.79 Å². The van der Waals surface area contributed by atoms with Crippen molar-refractivity contribution in [1.29, 1.82) is 0 Å². The van der Waals surface area contributed by atoms with Crippen molar-refractivity contribution in [3.05, 3.63) is 21.7 Å². The van der Waals surface area contributed by atoms with Gasteiger partial charge in [-0.15, -0.1) is 0 Å². The number of aromatic nitrogens is 1. The van der Waals surface area contributed by atoms with Gasteiger partial charge in [0.2, 0.25) is 0 Å². The van der Waals surface area contributed by atoms with Gasteiger partial charge in [0, 0.05) is 6.42 Å². The van der Waals surface area contributed by atoms with Crippen LogP contribution in [0.5, 0.6) is 0 Å². The van der Waals surface area contributed by atoms with Gasteiger partial charge in [-0.25, -0.2) is 0 Å². The second kappa shape index (κ2) is 3.39. The molecule has 0 aliphatic heterocycles. The molecule has 1 rings (SSSR count). The highest BCUT2D eigenvalue weighted by Gasteiger charge is 2.05. The van der Waals surface area contributed by atoms with Crippen LogP contribution >= 0.6 is 0 Å². The number of H-pyrrole nitrogens is 1. The van der Waals surface area contributed by atoms with E-state index in [1.54, 1.807) is 6.92 Å². The average Bonchev–Trinajstić information content (AvgIpc) is 2.31. The van der Waals surface area contributed by atoms with Crippen molar-refractivity contribution in [2.45, 2.75) is 19.8 Å². The summed E-state index contributed by atoms with van der Waals surface area (Å²) in [5.74, 6) is 0.723. The Morgan fingerprint density at radius 2 is 2.36 bits per heavy atom. The third-order valence-electron chi connectivity index (χ3n) is 1.63. The first kappa shape index (κ1) is 8.07. The molecule has 0 unspecified atom stereocenters. The summed E-state index contributed by atoms with van der Waals surface area (Å²) in [5, 5.41) is 2.27. The number of hydrogen-bond acceptors (Lipinski definition) is 3. The lowest BCUT2D eigenvalue weighted by Crippen LogP contribution is -2.03. The average molecular weight is 156 g/mol. The lowest BCUT2D eigenvalue weighted by molar-refractivity contribution is 0.376. The SMILES string of the molecule is Cc1c(CCCN)o[nH]c1=O. The Balaban J connectivity index is 2.71. The number of nitrogens with two attached hydrogens (primary N) is 1. The summed E-state index contributed by atoms with van der Waals surface area (Å²) in [7, 11) is 0. The fourth-order valence-electron chi connectivity index (χ4n) is 0.889. The first-order chi connectivity index (χ1) is 5.25. The van der Waals surface area contributed by atoms with E-state index in [4.69, 9.17) is 10.3 Å². The molecule has 0 aromatic carbocycles. The molecule has 0 spiro atoms. The van der Waals surface area contributed by atoms with Crippen LogP contribution < -0.4 is 11.3 Å². The first-order valence-electron chi connectivity index (χ1n) is 3.62. The third kappa shape index (κ3) is 1.71. The molecule has 0 radical (unpaired) electrons. The van der Waals surface area contributed by atoms with Crippen molar-refractivity contribution >= 4 is 0 Å². The van der Waals surface area contributed by atoms with Crippen LogP contribution in [-0.2, 0) is 6.42 Å². The van der Waals surface area contributed by atoms with Crippen LogP contribution in [0.2, 0.25) is 0 Å². The summed E-state index contributed by atoms with van der Waals surface area (Å²) in [4.78, 5) is 10.8. The second-order valence-corrected chi connectivity index (χ2v) is 2.47. The van der Waals surface area contributed by atoms with Crippen LogP contribution in [0.15, 0.2) is 9.32 Å². The van der Waals surface area contributed by atoms with E-state index < -0.39 is 0 Å². The molecule has 0 fully saturated rings. The normalized spacial score (nSPS) is 10.4. The Kier molecular flexibility index (Phi) is 2.48. The Morgan fingerprint density at radius 3 is 2.82 bits per heavy atom. The lowest BCUT2D eigenvalue weighted by Gasteiger charge is -1.92. The molecule has 11 heavy (non-hydrogen) atoms. The van der Waals surface area contributed by atoms with E-state index in [0.29, 0.717) is 12.1 Å². The summed E-state index contributed by atoms with van der Waals surface area (Å²) in [5.41, 5.74) is 5.83. The number of rotatable bonds is 3. The minimum absolute atomic E-state index is 0.142. The molecular formula is C7H12N2O2. The maximum atomic E-state index is 10.8. The van der Waals surface area contributed by atoms with E-state index in [1.165, 1.54) is 0 Å². The molecule has 4 heteroatoms. The predicted octanol–water partition coefficient (Wildman–Crippen LogP) is 0.168. The molecule has 0 aliphatic rings. The monoisotopic (exact) mass is 156 g/mol. The number of hydrogen-bond donors (Lipinski definition) is 2. The van der Waals surface area contributed by atoms with Gasteiger partial charge >= 0.3 is 0 Å². The summed E-state index contributed by atoms with van der Waals surface area (Å²) in [6, 6.07) is 0. The maximum absolute atomic E-state index is 10.8. The van der Waals surface area contributed by atoms with Gasteiger partial charge in [0.25, 0.3) is 5.56 Å². The molecule has 1 heterocycles. The van der Waals surface area contributed by atoms with Crippen molar-refractivity contribution in [2.75, 3.05) is 6.54 Å². The lowest BCUT2D eigenvalue weighted by atomic mass is 10.2. The third-order valence-corrected chi connectivity index (χ3v) is 1.63. The second-order valence-electron chi connectivity index (χ2n) is 2.47. The summed E-state index contributed by atoms with van der Waals surface area (Å²) in [6.45, 7) is 2.36. The van der Waals surface area contributed by atoms with Gasteiger partial charge in [-0.05, 0) is 19.9 Å². The molecule has 3 N–H and O–H groups in total. The van der Waals surface area contributed by atoms with E-state index in [9.17, 15) is 4.79 Å². The van der Waals surface area contributed by atoms with Crippen molar-refractivity contribution in [2.24, 2.45) is 5.73 Å². The summed E-state index contributed by atoms with van der Waals surface area (Å²) < 4.78 is 4.90. The Labute approximate surface area is 64.4 Å². The molecule has 0 bridgehead atoms. The molecular weight excluding hydrogens is 144 g/mol. The largest absolute Gasteiger partial charge is 0.383 e. The summed E-state index contributed by atoms with van der Waals surface area (Å²) in [6.07, 6.45) is 1.59. The minimum Gasteiger partial charge on any atom is -0.383 e. The van der Waals surface area contributed by atoms with Crippen molar-refractivity contribution in [3.8, 4) is 0 Å². The fraction of sp³-hybridized carbons (Fsp3) is 0.571. The molecule has 0 atom stereocenters. The topological polar surface area (TPSA) is 72.0 Å². The Bertz CT molecular complexity index is 274. The molecule has 1 aromatic rings. The van der Waals surface area contributed by atoms with Crippen LogP contribution in [-0.4, -0.2) is 11.7 Å². The molecule has 62 valence electrons. The van der Waals surface area contributed by atoms with Gasteiger partial charge in [0.1, 0.15) is 5.76 Å². The number of nitrogens with one attached hydrogen (secondary N) is 1. The van der Waals surface area contributed by atoms with E-state index in [2.05, 4.69) is 5.16 Å². The standard InChI is InChI=1S/C7H12N2O2/c1-5-6(3-2-4-8)11-9-7(5)10/h2-4,8H2,1H3,(H,9,10). The smallest absolute Gasteiger partial charge is 0.283 e. The van der Waals surface area contributed by atoms with Gasteiger partial charge < -0.3 is 10.3 Å². The number of aromatic amines is 1. The van der Waals surface area contributed by atoms with Crippen LogP contribution in [0.4, 0.5) is 0 Å². The molecule has 0 saturated carbocycles. The molecule has 0 aliphatic carbocycles. The minimum atomic E-state index is -0.142. The van der Waals surface area contributed by atoms with Crippen LogP contribution in [0, 0.1) is 6.92 Å². The van der Waals surface area contributed by atoms with Crippen LogP contribution in [0.1, 0.15) is 17.7 Å². The van der Waals surface area contributed by atoms with Crippen molar-refractivity contribution in [1.82, 2.24) is 5.16 Å². The maximum Gasteiger partial charge on any atom is 0.283 e. The van der Waals surface area contributed by atoms with Gasteiger partial charge in [0.15, 0.2) is 0 Å².